The molecule has 4 atom stereocenters. The van der Waals surface area contributed by atoms with Crippen molar-refractivity contribution in [2.24, 2.45) is 22.7 Å². The Balaban J connectivity index is 1.68. The third-order valence-electron chi connectivity index (χ3n) is 7.37. The van der Waals surface area contributed by atoms with Crippen molar-refractivity contribution in [1.29, 1.82) is 0 Å². The lowest BCUT2D eigenvalue weighted by molar-refractivity contribution is 0.111. The number of hydrogen-bond acceptors (Lipinski definition) is 1. The summed E-state index contributed by atoms with van der Waals surface area (Å²) in [5.74, 6) is 1.92. The summed E-state index contributed by atoms with van der Waals surface area (Å²) in [5.41, 5.74) is 1.10. The molecule has 0 heterocycles. The third kappa shape index (κ3) is 1.69. The largest absolute Gasteiger partial charge is 0.311 e. The highest BCUT2D eigenvalue weighted by atomic mass is 15.0. The van der Waals surface area contributed by atoms with Crippen LogP contribution in [0.2, 0.25) is 0 Å². The molecule has 0 aromatic heterocycles. The first-order valence-corrected chi connectivity index (χ1v) is 8.21. The van der Waals surface area contributed by atoms with Crippen molar-refractivity contribution in [1.82, 2.24) is 5.32 Å². The topological polar surface area (TPSA) is 12.0 Å². The van der Waals surface area contributed by atoms with Gasteiger partial charge in [-0.25, -0.2) is 0 Å². The minimum absolute atomic E-state index is 0.546. The minimum atomic E-state index is 0.546. The maximum absolute atomic E-state index is 4.05. The molecule has 1 heteroatoms. The fourth-order valence-electron chi connectivity index (χ4n) is 5.37. The summed E-state index contributed by atoms with van der Waals surface area (Å²) in [7, 11) is 0. The number of rotatable bonds is 3. The molecule has 3 aliphatic rings. The maximum Gasteiger partial charge on any atom is 0.0131 e. The van der Waals surface area contributed by atoms with E-state index in [0.717, 1.165) is 23.9 Å². The Labute approximate surface area is 113 Å². The molecule has 18 heavy (non-hydrogen) atoms. The lowest BCUT2D eigenvalue weighted by Gasteiger charge is -2.41. The van der Waals surface area contributed by atoms with E-state index < -0.39 is 0 Å². The van der Waals surface area contributed by atoms with Gasteiger partial charge in [-0.2, -0.15) is 0 Å². The summed E-state index contributed by atoms with van der Waals surface area (Å²) in [6, 6.07) is 1.52. The van der Waals surface area contributed by atoms with Gasteiger partial charge in [-0.1, -0.05) is 33.6 Å². The normalized spacial score (nSPS) is 44.7. The molecule has 0 spiro atoms. The number of hydrogen-bond donors (Lipinski definition) is 1. The number of nitrogens with one attached hydrogen (secondary N) is 1. The van der Waals surface area contributed by atoms with Gasteiger partial charge in [0.1, 0.15) is 0 Å². The molecule has 4 unspecified atom stereocenters. The Morgan fingerprint density at radius 1 is 1.06 bits per heavy atom. The smallest absolute Gasteiger partial charge is 0.0131 e. The molecule has 0 amide bonds. The van der Waals surface area contributed by atoms with Crippen molar-refractivity contribution >= 4 is 0 Å². The van der Waals surface area contributed by atoms with Gasteiger partial charge >= 0.3 is 0 Å². The molecule has 3 rings (SSSR count). The molecular weight excluding hydrogens is 218 g/mol. The first-order valence-electron chi connectivity index (χ1n) is 8.21. The van der Waals surface area contributed by atoms with Crippen LogP contribution >= 0.6 is 0 Å². The van der Waals surface area contributed by atoms with Crippen molar-refractivity contribution in [3.05, 3.63) is 0 Å². The van der Waals surface area contributed by atoms with Crippen LogP contribution in [-0.2, 0) is 0 Å². The molecule has 3 fully saturated rings. The van der Waals surface area contributed by atoms with Crippen molar-refractivity contribution in [3.8, 4) is 0 Å². The van der Waals surface area contributed by atoms with E-state index >= 15 is 0 Å². The molecule has 0 saturated heterocycles. The zero-order valence-electron chi connectivity index (χ0n) is 12.8. The Bertz CT molecular complexity index is 316. The van der Waals surface area contributed by atoms with Crippen LogP contribution in [0.15, 0.2) is 0 Å². The van der Waals surface area contributed by atoms with Crippen LogP contribution in [0.5, 0.6) is 0 Å². The zero-order valence-corrected chi connectivity index (χ0v) is 12.8. The summed E-state index contributed by atoms with van der Waals surface area (Å²) in [6.07, 6.45) is 10.2. The zero-order chi connectivity index (χ0) is 13.0. The van der Waals surface area contributed by atoms with E-state index in [-0.39, 0.29) is 0 Å². The van der Waals surface area contributed by atoms with Gasteiger partial charge < -0.3 is 5.32 Å². The predicted molar refractivity (Wildman–Crippen MR) is 77.6 cm³/mol. The van der Waals surface area contributed by atoms with E-state index in [1.807, 2.05) is 0 Å². The van der Waals surface area contributed by atoms with Gasteiger partial charge in [0.25, 0.3) is 0 Å². The highest BCUT2D eigenvalue weighted by molar-refractivity contribution is 5.13. The van der Waals surface area contributed by atoms with Crippen LogP contribution in [0.3, 0.4) is 0 Å². The lowest BCUT2D eigenvalue weighted by Crippen LogP contribution is -2.49. The van der Waals surface area contributed by atoms with Crippen LogP contribution < -0.4 is 5.32 Å². The molecule has 0 radical (unpaired) electrons. The van der Waals surface area contributed by atoms with E-state index in [1.165, 1.54) is 44.9 Å². The molecule has 1 nitrogen and oxygen atoms in total. The Morgan fingerprint density at radius 2 is 1.72 bits per heavy atom. The van der Waals surface area contributed by atoms with Crippen LogP contribution in [0.25, 0.3) is 0 Å². The molecule has 3 saturated carbocycles. The average Bonchev–Trinajstić information content (AvgIpc) is 2.95. The van der Waals surface area contributed by atoms with Gasteiger partial charge in [-0.05, 0) is 61.7 Å². The van der Waals surface area contributed by atoms with Gasteiger partial charge in [0, 0.05) is 12.1 Å². The molecule has 1 N–H and O–H groups in total. The standard InChI is InChI=1S/C17H31N/c1-12(13-7-5-6-8-13)18-15-11-14-9-10-17(15,4)16(14,2)3/h12-15,18H,5-11H2,1-4H3. The molecule has 0 aromatic carbocycles. The fourth-order valence-corrected chi connectivity index (χ4v) is 5.37. The molecular formula is C17H31N. The Kier molecular flexibility index (Phi) is 3.05. The quantitative estimate of drug-likeness (QED) is 0.783. The third-order valence-corrected chi connectivity index (χ3v) is 7.37. The second-order valence-corrected chi connectivity index (χ2v) is 8.16. The minimum Gasteiger partial charge on any atom is -0.311 e. The summed E-state index contributed by atoms with van der Waals surface area (Å²) in [6.45, 7) is 10.0. The molecule has 0 aliphatic heterocycles. The van der Waals surface area contributed by atoms with Crippen LogP contribution in [0.1, 0.15) is 72.6 Å². The first kappa shape index (κ1) is 13.0. The summed E-state index contributed by atoms with van der Waals surface area (Å²) in [4.78, 5) is 0. The van der Waals surface area contributed by atoms with E-state index in [2.05, 4.69) is 33.0 Å². The molecule has 0 aromatic rings. The van der Waals surface area contributed by atoms with Gasteiger partial charge in [-0.15, -0.1) is 0 Å². The van der Waals surface area contributed by atoms with E-state index in [0.29, 0.717) is 10.8 Å². The monoisotopic (exact) mass is 249 g/mol. The Hall–Kier alpha value is -0.0400. The van der Waals surface area contributed by atoms with Crippen LogP contribution in [0.4, 0.5) is 0 Å². The van der Waals surface area contributed by atoms with Crippen molar-refractivity contribution in [2.75, 3.05) is 0 Å². The van der Waals surface area contributed by atoms with Gasteiger partial charge in [0.05, 0.1) is 0 Å². The summed E-state index contributed by atoms with van der Waals surface area (Å²) in [5, 5.41) is 4.05. The fraction of sp³-hybridized carbons (Fsp3) is 1.00. The molecule has 3 aliphatic carbocycles. The highest BCUT2D eigenvalue weighted by Crippen LogP contribution is 2.65. The van der Waals surface area contributed by atoms with E-state index in [1.54, 1.807) is 0 Å². The summed E-state index contributed by atoms with van der Waals surface area (Å²) >= 11 is 0. The second kappa shape index (κ2) is 4.23. The van der Waals surface area contributed by atoms with Crippen molar-refractivity contribution in [3.63, 3.8) is 0 Å². The van der Waals surface area contributed by atoms with Gasteiger partial charge in [-0.3, -0.25) is 0 Å². The first-order chi connectivity index (χ1) is 8.45. The average molecular weight is 249 g/mol. The van der Waals surface area contributed by atoms with Gasteiger partial charge in [0.15, 0.2) is 0 Å². The molecule has 104 valence electrons. The van der Waals surface area contributed by atoms with Crippen LogP contribution in [0, 0.1) is 22.7 Å². The van der Waals surface area contributed by atoms with Crippen LogP contribution in [-0.4, -0.2) is 12.1 Å². The lowest BCUT2D eigenvalue weighted by atomic mass is 9.69. The molecule has 2 bridgehead atoms. The Morgan fingerprint density at radius 3 is 2.22 bits per heavy atom. The second-order valence-electron chi connectivity index (χ2n) is 8.16. The maximum atomic E-state index is 4.05. The highest BCUT2D eigenvalue weighted by Gasteiger charge is 2.61. The summed E-state index contributed by atoms with van der Waals surface area (Å²) < 4.78 is 0. The van der Waals surface area contributed by atoms with Crippen molar-refractivity contribution < 1.29 is 0 Å². The van der Waals surface area contributed by atoms with E-state index in [4.69, 9.17) is 0 Å². The predicted octanol–water partition coefficient (Wildman–Crippen LogP) is 4.37. The van der Waals surface area contributed by atoms with Gasteiger partial charge in [0.2, 0.25) is 0 Å². The SMILES string of the molecule is CC(NC1CC2CCC1(C)C2(C)C)C1CCCC1. The van der Waals surface area contributed by atoms with E-state index in [9.17, 15) is 0 Å². The number of fused-ring (bicyclic) bond motifs is 2. The van der Waals surface area contributed by atoms with Crippen molar-refractivity contribution in [2.45, 2.75) is 84.7 Å².